The number of H-pyrrole nitrogens is 1. The second kappa shape index (κ2) is 5.18. The maximum absolute atomic E-state index is 14.2. The van der Waals surface area contributed by atoms with Crippen molar-refractivity contribution in [3.63, 3.8) is 0 Å². The van der Waals surface area contributed by atoms with Crippen molar-refractivity contribution in [3.8, 4) is 16.9 Å². The highest BCUT2D eigenvalue weighted by Gasteiger charge is 2.13. The smallest absolute Gasteiger partial charge is 0.133 e. The van der Waals surface area contributed by atoms with Crippen molar-refractivity contribution in [1.82, 2.24) is 10.2 Å². The van der Waals surface area contributed by atoms with Crippen LogP contribution in [0.15, 0.2) is 36.4 Å². The molecule has 0 spiro atoms. The molecule has 5 heteroatoms. The first-order valence-corrected chi connectivity index (χ1v) is 6.76. The molecule has 0 radical (unpaired) electrons. The maximum atomic E-state index is 14.2. The number of aromatic hydroxyl groups is 1. The molecule has 2 aromatic carbocycles. The molecule has 0 aliphatic carbocycles. The van der Waals surface area contributed by atoms with Gasteiger partial charge in [-0.3, -0.25) is 5.10 Å². The van der Waals surface area contributed by atoms with E-state index in [9.17, 15) is 9.50 Å². The van der Waals surface area contributed by atoms with Crippen LogP contribution in [0, 0.1) is 5.82 Å². The third kappa shape index (κ3) is 2.60. The standard InChI is InChI=1S/C16H16FN3O/c1-9(18)6-15-13-7-12(10-2-4-11(21)5-3-10)14(17)8-16(13)20-19-15/h2-5,7-9,21H,6,18H2,1H3,(H,19,20). The Morgan fingerprint density at radius 1 is 1.29 bits per heavy atom. The van der Waals surface area contributed by atoms with E-state index in [1.807, 2.05) is 6.92 Å². The van der Waals surface area contributed by atoms with Crippen LogP contribution >= 0.6 is 0 Å². The maximum Gasteiger partial charge on any atom is 0.133 e. The molecule has 0 saturated carbocycles. The second-order valence-corrected chi connectivity index (χ2v) is 5.28. The zero-order chi connectivity index (χ0) is 15.0. The molecular formula is C16H16FN3O. The molecule has 0 saturated heterocycles. The van der Waals surface area contributed by atoms with Crippen molar-refractivity contribution < 1.29 is 9.50 Å². The van der Waals surface area contributed by atoms with Gasteiger partial charge in [0, 0.05) is 35.2 Å². The van der Waals surface area contributed by atoms with E-state index >= 15 is 0 Å². The van der Waals surface area contributed by atoms with E-state index in [1.54, 1.807) is 18.2 Å². The predicted octanol–water partition coefficient (Wildman–Crippen LogP) is 2.96. The van der Waals surface area contributed by atoms with Gasteiger partial charge in [0.2, 0.25) is 0 Å². The molecule has 1 unspecified atom stereocenters. The normalized spacial score (nSPS) is 12.7. The molecule has 1 aromatic heterocycles. The summed E-state index contributed by atoms with van der Waals surface area (Å²) in [6.07, 6.45) is 0.650. The fraction of sp³-hybridized carbons (Fsp3) is 0.188. The SMILES string of the molecule is CC(N)Cc1[nH]nc2cc(F)c(-c3ccc(O)cc3)cc12. The highest BCUT2D eigenvalue weighted by molar-refractivity contribution is 5.87. The summed E-state index contributed by atoms with van der Waals surface area (Å²) in [7, 11) is 0. The van der Waals surface area contributed by atoms with Crippen molar-refractivity contribution in [2.45, 2.75) is 19.4 Å². The number of aromatic nitrogens is 2. The van der Waals surface area contributed by atoms with Crippen LogP contribution in [0.5, 0.6) is 5.75 Å². The van der Waals surface area contributed by atoms with Crippen LogP contribution in [0.25, 0.3) is 22.0 Å². The van der Waals surface area contributed by atoms with E-state index in [0.29, 0.717) is 23.1 Å². The van der Waals surface area contributed by atoms with Gasteiger partial charge in [0.1, 0.15) is 11.6 Å². The molecule has 0 aliphatic heterocycles. The molecule has 0 amide bonds. The lowest BCUT2D eigenvalue weighted by atomic mass is 10.0. The zero-order valence-electron chi connectivity index (χ0n) is 11.6. The van der Waals surface area contributed by atoms with Gasteiger partial charge in [-0.25, -0.2) is 4.39 Å². The minimum atomic E-state index is -0.341. The Labute approximate surface area is 121 Å². The molecule has 0 bridgehead atoms. The minimum Gasteiger partial charge on any atom is -0.508 e. The number of benzene rings is 2. The third-order valence-corrected chi connectivity index (χ3v) is 3.43. The Morgan fingerprint density at radius 2 is 2.00 bits per heavy atom. The van der Waals surface area contributed by atoms with E-state index in [1.165, 1.54) is 18.2 Å². The Kier molecular flexibility index (Phi) is 3.35. The van der Waals surface area contributed by atoms with Crippen LogP contribution in [0.4, 0.5) is 4.39 Å². The molecule has 0 fully saturated rings. The Balaban J connectivity index is 2.14. The molecule has 1 atom stereocenters. The van der Waals surface area contributed by atoms with Crippen molar-refractivity contribution >= 4 is 10.9 Å². The van der Waals surface area contributed by atoms with Crippen LogP contribution < -0.4 is 5.73 Å². The van der Waals surface area contributed by atoms with Crippen LogP contribution in [-0.4, -0.2) is 21.3 Å². The van der Waals surface area contributed by atoms with E-state index < -0.39 is 0 Å². The van der Waals surface area contributed by atoms with Crippen molar-refractivity contribution in [1.29, 1.82) is 0 Å². The first kappa shape index (κ1) is 13.6. The fourth-order valence-electron chi connectivity index (χ4n) is 2.42. The van der Waals surface area contributed by atoms with E-state index in [4.69, 9.17) is 5.73 Å². The first-order valence-electron chi connectivity index (χ1n) is 6.76. The summed E-state index contributed by atoms with van der Waals surface area (Å²) in [4.78, 5) is 0. The lowest BCUT2D eigenvalue weighted by Gasteiger charge is -2.06. The number of aromatic amines is 1. The molecule has 108 valence electrons. The zero-order valence-corrected chi connectivity index (χ0v) is 11.6. The second-order valence-electron chi connectivity index (χ2n) is 5.28. The minimum absolute atomic E-state index is 0.00387. The molecule has 3 rings (SSSR count). The van der Waals surface area contributed by atoms with E-state index in [2.05, 4.69) is 10.2 Å². The number of fused-ring (bicyclic) bond motifs is 1. The summed E-state index contributed by atoms with van der Waals surface area (Å²) < 4.78 is 14.2. The third-order valence-electron chi connectivity index (χ3n) is 3.43. The van der Waals surface area contributed by atoms with Gasteiger partial charge in [0.05, 0.1) is 5.52 Å². The number of phenolic OH excluding ortho intramolecular Hbond substituents is 1. The van der Waals surface area contributed by atoms with Gasteiger partial charge in [-0.05, 0) is 30.7 Å². The quantitative estimate of drug-likeness (QED) is 0.692. The van der Waals surface area contributed by atoms with Gasteiger partial charge in [0.15, 0.2) is 0 Å². The van der Waals surface area contributed by atoms with Gasteiger partial charge in [0.25, 0.3) is 0 Å². The Morgan fingerprint density at radius 3 is 2.67 bits per heavy atom. The van der Waals surface area contributed by atoms with Gasteiger partial charge >= 0.3 is 0 Å². The van der Waals surface area contributed by atoms with E-state index in [0.717, 1.165) is 11.1 Å². The molecule has 21 heavy (non-hydrogen) atoms. The van der Waals surface area contributed by atoms with Gasteiger partial charge in [-0.15, -0.1) is 0 Å². The van der Waals surface area contributed by atoms with Crippen LogP contribution in [-0.2, 0) is 6.42 Å². The number of halogens is 1. The van der Waals surface area contributed by atoms with Gasteiger partial charge < -0.3 is 10.8 Å². The molecule has 3 aromatic rings. The van der Waals surface area contributed by atoms with Gasteiger partial charge in [-0.1, -0.05) is 12.1 Å². The van der Waals surface area contributed by atoms with Crippen molar-refractivity contribution in [2.24, 2.45) is 5.73 Å². The molecule has 4 nitrogen and oxygen atoms in total. The number of hydrogen-bond donors (Lipinski definition) is 3. The summed E-state index contributed by atoms with van der Waals surface area (Å²) in [6, 6.07) is 9.64. The molecular weight excluding hydrogens is 269 g/mol. The van der Waals surface area contributed by atoms with Crippen molar-refractivity contribution in [2.75, 3.05) is 0 Å². The molecule has 4 N–H and O–H groups in total. The molecule has 0 aliphatic rings. The number of nitrogens with zero attached hydrogens (tertiary/aromatic N) is 1. The molecule has 1 heterocycles. The van der Waals surface area contributed by atoms with Crippen LogP contribution in [0.3, 0.4) is 0 Å². The number of nitrogens with two attached hydrogens (primary N) is 1. The summed E-state index contributed by atoms with van der Waals surface area (Å²) >= 11 is 0. The first-order chi connectivity index (χ1) is 10.0. The van der Waals surface area contributed by atoms with Gasteiger partial charge in [-0.2, -0.15) is 5.10 Å². The average molecular weight is 285 g/mol. The number of rotatable bonds is 3. The monoisotopic (exact) mass is 285 g/mol. The highest BCUT2D eigenvalue weighted by atomic mass is 19.1. The van der Waals surface area contributed by atoms with E-state index in [-0.39, 0.29) is 17.6 Å². The Bertz CT molecular complexity index is 778. The lowest BCUT2D eigenvalue weighted by Crippen LogP contribution is -2.18. The van der Waals surface area contributed by atoms with Crippen LogP contribution in [0.2, 0.25) is 0 Å². The number of nitrogens with one attached hydrogen (secondary N) is 1. The summed E-state index contributed by atoms with van der Waals surface area (Å²) in [6.45, 7) is 1.91. The summed E-state index contributed by atoms with van der Waals surface area (Å²) in [5.74, 6) is -0.187. The summed E-state index contributed by atoms with van der Waals surface area (Å²) in [5.41, 5.74) is 8.50. The topological polar surface area (TPSA) is 74.9 Å². The lowest BCUT2D eigenvalue weighted by molar-refractivity contribution is 0.475. The highest BCUT2D eigenvalue weighted by Crippen LogP contribution is 2.29. The largest absolute Gasteiger partial charge is 0.508 e. The van der Waals surface area contributed by atoms with Crippen LogP contribution in [0.1, 0.15) is 12.6 Å². The fourth-order valence-corrected chi connectivity index (χ4v) is 2.42. The Hall–Kier alpha value is -2.40. The summed E-state index contributed by atoms with van der Waals surface area (Å²) in [5, 5.41) is 17.2. The van der Waals surface area contributed by atoms with Crippen molar-refractivity contribution in [3.05, 3.63) is 47.9 Å². The number of phenols is 1. The number of hydrogen-bond acceptors (Lipinski definition) is 3. The predicted molar refractivity (Wildman–Crippen MR) is 80.5 cm³/mol. The average Bonchev–Trinajstić information content (AvgIpc) is 2.80.